The van der Waals surface area contributed by atoms with Crippen molar-refractivity contribution in [3.05, 3.63) is 35.9 Å². The van der Waals surface area contributed by atoms with Crippen LogP contribution in [0.3, 0.4) is 0 Å². The Morgan fingerprint density at radius 2 is 2.22 bits per heavy atom. The molecule has 1 aromatic carbocycles. The van der Waals surface area contributed by atoms with Gasteiger partial charge in [-0.05, 0) is 12.0 Å². The lowest BCUT2D eigenvalue weighted by molar-refractivity contribution is -0.145. The van der Waals surface area contributed by atoms with Gasteiger partial charge in [0.05, 0.1) is 19.6 Å². The highest BCUT2D eigenvalue weighted by molar-refractivity contribution is 5.70. The van der Waals surface area contributed by atoms with Gasteiger partial charge in [0.2, 0.25) is 0 Å². The van der Waals surface area contributed by atoms with Crippen molar-refractivity contribution in [2.45, 2.75) is 18.9 Å². The molecule has 0 spiro atoms. The van der Waals surface area contributed by atoms with Crippen LogP contribution in [0.2, 0.25) is 0 Å². The van der Waals surface area contributed by atoms with Gasteiger partial charge in [-0.25, -0.2) is 0 Å². The van der Waals surface area contributed by atoms with Gasteiger partial charge in [-0.3, -0.25) is 4.79 Å². The number of hydrogen-bond donors (Lipinski definition) is 1. The first-order valence-corrected chi connectivity index (χ1v) is 6.29. The summed E-state index contributed by atoms with van der Waals surface area (Å²) in [5, 5.41) is 0. The molecule has 2 atom stereocenters. The Morgan fingerprint density at radius 1 is 1.44 bits per heavy atom. The second-order valence-electron chi connectivity index (χ2n) is 4.63. The smallest absolute Gasteiger partial charge is 0.307 e. The van der Waals surface area contributed by atoms with Crippen LogP contribution in [0, 0.1) is 5.92 Å². The Labute approximate surface area is 107 Å². The molecule has 4 nitrogen and oxygen atoms in total. The first-order valence-electron chi connectivity index (χ1n) is 6.29. The molecule has 0 aromatic heterocycles. The highest BCUT2D eigenvalue weighted by Gasteiger charge is 2.18. The quantitative estimate of drug-likeness (QED) is 0.806. The van der Waals surface area contributed by atoms with Crippen molar-refractivity contribution in [2.75, 3.05) is 19.8 Å². The predicted molar refractivity (Wildman–Crippen MR) is 67.9 cm³/mol. The van der Waals surface area contributed by atoms with Gasteiger partial charge in [-0.15, -0.1) is 0 Å². The number of carbonyl (C=O) groups excluding carboxylic acids is 1. The summed E-state index contributed by atoms with van der Waals surface area (Å²) < 4.78 is 10.4. The highest BCUT2D eigenvalue weighted by Crippen LogP contribution is 2.16. The number of benzene rings is 1. The summed E-state index contributed by atoms with van der Waals surface area (Å²) in [6, 6.07) is 9.30. The van der Waals surface area contributed by atoms with E-state index in [1.54, 1.807) is 0 Å². The maximum absolute atomic E-state index is 11.6. The van der Waals surface area contributed by atoms with Crippen LogP contribution in [0.5, 0.6) is 0 Å². The van der Waals surface area contributed by atoms with Crippen LogP contribution in [0.25, 0.3) is 0 Å². The summed E-state index contributed by atoms with van der Waals surface area (Å²) in [6.07, 6.45) is 1.19. The molecular formula is C14H19NO3. The van der Waals surface area contributed by atoms with E-state index in [9.17, 15) is 4.79 Å². The molecule has 1 heterocycles. The van der Waals surface area contributed by atoms with E-state index in [4.69, 9.17) is 15.2 Å². The largest absolute Gasteiger partial charge is 0.465 e. The fourth-order valence-electron chi connectivity index (χ4n) is 1.98. The van der Waals surface area contributed by atoms with Crippen LogP contribution in [-0.2, 0) is 14.3 Å². The molecule has 1 aliphatic heterocycles. The van der Waals surface area contributed by atoms with Gasteiger partial charge in [0.1, 0.15) is 0 Å². The third-order valence-electron chi connectivity index (χ3n) is 3.12. The zero-order chi connectivity index (χ0) is 12.8. The second kappa shape index (κ2) is 6.52. The zero-order valence-electron chi connectivity index (χ0n) is 10.4. The van der Waals surface area contributed by atoms with Gasteiger partial charge < -0.3 is 15.2 Å². The first kappa shape index (κ1) is 13.1. The van der Waals surface area contributed by atoms with Crippen LogP contribution in [0.4, 0.5) is 0 Å². The number of rotatable bonds is 5. The highest BCUT2D eigenvalue weighted by atomic mass is 16.5. The average molecular weight is 249 g/mol. The van der Waals surface area contributed by atoms with Crippen molar-refractivity contribution in [3.63, 3.8) is 0 Å². The number of nitrogens with two attached hydrogens (primary N) is 1. The number of ether oxygens (including phenoxy) is 2. The number of hydrogen-bond acceptors (Lipinski definition) is 4. The molecule has 0 saturated carbocycles. The van der Waals surface area contributed by atoms with Crippen LogP contribution < -0.4 is 5.73 Å². The lowest BCUT2D eigenvalue weighted by Gasteiger charge is -2.13. The van der Waals surface area contributed by atoms with E-state index in [0.29, 0.717) is 19.1 Å². The summed E-state index contributed by atoms with van der Waals surface area (Å²) in [7, 11) is 0. The van der Waals surface area contributed by atoms with Crippen molar-refractivity contribution in [1.82, 2.24) is 0 Å². The minimum Gasteiger partial charge on any atom is -0.465 e. The fraction of sp³-hybridized carbons (Fsp3) is 0.500. The van der Waals surface area contributed by atoms with Crippen LogP contribution in [-0.4, -0.2) is 25.8 Å². The van der Waals surface area contributed by atoms with Gasteiger partial charge in [-0.2, -0.15) is 0 Å². The maximum atomic E-state index is 11.6. The van der Waals surface area contributed by atoms with E-state index >= 15 is 0 Å². The monoisotopic (exact) mass is 249 g/mol. The topological polar surface area (TPSA) is 61.6 Å². The molecule has 2 unspecified atom stereocenters. The standard InChI is InChI=1S/C14H19NO3/c15-13(12-4-2-1-3-5-12)8-14(16)18-10-11-6-7-17-9-11/h1-5,11,13H,6-10,15H2. The summed E-state index contributed by atoms with van der Waals surface area (Å²) in [5.41, 5.74) is 6.91. The molecule has 18 heavy (non-hydrogen) atoms. The predicted octanol–water partition coefficient (Wildman–Crippen LogP) is 1.66. The van der Waals surface area contributed by atoms with Crippen molar-refractivity contribution in [1.29, 1.82) is 0 Å². The summed E-state index contributed by atoms with van der Waals surface area (Å²) in [6.45, 7) is 1.91. The van der Waals surface area contributed by atoms with Gasteiger partial charge in [-0.1, -0.05) is 30.3 Å². The first-order chi connectivity index (χ1) is 8.75. The van der Waals surface area contributed by atoms with Crippen molar-refractivity contribution in [3.8, 4) is 0 Å². The van der Waals surface area contributed by atoms with E-state index in [-0.39, 0.29) is 18.4 Å². The second-order valence-corrected chi connectivity index (χ2v) is 4.63. The van der Waals surface area contributed by atoms with Gasteiger partial charge in [0.25, 0.3) is 0 Å². The molecule has 4 heteroatoms. The number of esters is 1. The molecule has 2 rings (SSSR count). The van der Waals surface area contributed by atoms with E-state index in [2.05, 4.69) is 0 Å². The Bertz CT molecular complexity index is 374. The molecule has 0 aliphatic carbocycles. The Hall–Kier alpha value is -1.39. The van der Waals surface area contributed by atoms with Gasteiger partial charge in [0, 0.05) is 18.6 Å². The summed E-state index contributed by atoms with van der Waals surface area (Å²) >= 11 is 0. The van der Waals surface area contributed by atoms with E-state index < -0.39 is 0 Å². The lowest BCUT2D eigenvalue weighted by atomic mass is 10.1. The van der Waals surface area contributed by atoms with Crippen LogP contribution in [0.15, 0.2) is 30.3 Å². The molecule has 0 radical (unpaired) electrons. The average Bonchev–Trinajstić information content (AvgIpc) is 2.90. The van der Waals surface area contributed by atoms with Crippen molar-refractivity contribution >= 4 is 5.97 Å². The summed E-state index contributed by atoms with van der Waals surface area (Å²) in [4.78, 5) is 11.6. The molecule has 1 aliphatic rings. The Kier molecular flexibility index (Phi) is 4.73. The minimum absolute atomic E-state index is 0.220. The molecule has 0 amide bonds. The molecule has 1 fully saturated rings. The normalized spacial score (nSPS) is 20.6. The molecule has 98 valence electrons. The maximum Gasteiger partial charge on any atom is 0.307 e. The summed E-state index contributed by atoms with van der Waals surface area (Å²) in [5.74, 6) is 0.111. The van der Waals surface area contributed by atoms with Crippen LogP contribution >= 0.6 is 0 Å². The van der Waals surface area contributed by atoms with Crippen LogP contribution in [0.1, 0.15) is 24.4 Å². The molecular weight excluding hydrogens is 230 g/mol. The Morgan fingerprint density at radius 3 is 2.89 bits per heavy atom. The van der Waals surface area contributed by atoms with Gasteiger partial charge >= 0.3 is 5.97 Å². The Balaban J connectivity index is 1.73. The van der Waals surface area contributed by atoms with E-state index in [0.717, 1.165) is 18.6 Å². The SMILES string of the molecule is NC(CC(=O)OCC1CCOC1)c1ccccc1. The van der Waals surface area contributed by atoms with E-state index in [1.165, 1.54) is 0 Å². The molecule has 1 aromatic rings. The van der Waals surface area contributed by atoms with Crippen molar-refractivity contribution in [2.24, 2.45) is 11.7 Å². The molecule has 2 N–H and O–H groups in total. The molecule has 0 bridgehead atoms. The minimum atomic E-state index is -0.293. The third-order valence-corrected chi connectivity index (χ3v) is 3.12. The number of carbonyl (C=O) groups is 1. The van der Waals surface area contributed by atoms with Gasteiger partial charge in [0.15, 0.2) is 0 Å². The lowest BCUT2D eigenvalue weighted by Crippen LogP contribution is -2.20. The molecule has 1 saturated heterocycles. The zero-order valence-corrected chi connectivity index (χ0v) is 10.4. The third kappa shape index (κ3) is 3.82. The fourth-order valence-corrected chi connectivity index (χ4v) is 1.98. The van der Waals surface area contributed by atoms with E-state index in [1.807, 2.05) is 30.3 Å². The van der Waals surface area contributed by atoms with Crippen molar-refractivity contribution < 1.29 is 14.3 Å².